The molecule has 9 heteroatoms. The van der Waals surface area contributed by atoms with Crippen LogP contribution in [0.2, 0.25) is 0 Å². The minimum atomic E-state index is 0.300. The molecule has 3 heterocycles. The molecule has 6 rings (SSSR count). The highest BCUT2D eigenvalue weighted by Gasteiger charge is 2.24. The Kier molecular flexibility index (Phi) is 6.61. The van der Waals surface area contributed by atoms with Crippen LogP contribution >= 0.6 is 0 Å². The van der Waals surface area contributed by atoms with Crippen LogP contribution in [0, 0.1) is 0 Å². The Morgan fingerprint density at radius 2 is 1.76 bits per heavy atom. The van der Waals surface area contributed by atoms with Crippen LogP contribution < -0.4 is 21.1 Å². The lowest BCUT2D eigenvalue weighted by Gasteiger charge is -2.27. The van der Waals surface area contributed by atoms with Crippen molar-refractivity contribution >= 4 is 28.6 Å². The first-order valence-corrected chi connectivity index (χ1v) is 13.3. The zero-order valence-corrected chi connectivity index (χ0v) is 21.2. The van der Waals surface area contributed by atoms with E-state index in [1.165, 1.54) is 12.8 Å². The van der Waals surface area contributed by atoms with Crippen molar-refractivity contribution in [2.45, 2.75) is 69.5 Å². The van der Waals surface area contributed by atoms with Crippen LogP contribution in [0.15, 0.2) is 48.9 Å². The van der Waals surface area contributed by atoms with Crippen molar-refractivity contribution in [1.82, 2.24) is 24.5 Å². The standard InChI is InChI=1S/C28H34N8O/c1-37-24-9-5-4-8-22(24)23-15-14-20(16-30-23)32-26-25-27(36(17-31-25)21-6-2-3-7-21)35-28(34-26)33-19-12-10-18(29)11-13-19/h4-5,8-9,14-19,21H,2-3,6-7,10-13,29H2,1H3,(H2,32,33,34,35). The van der Waals surface area contributed by atoms with E-state index in [2.05, 4.69) is 20.2 Å². The highest BCUT2D eigenvalue weighted by atomic mass is 16.5. The van der Waals surface area contributed by atoms with Gasteiger partial charge in [-0.3, -0.25) is 4.98 Å². The zero-order valence-electron chi connectivity index (χ0n) is 21.2. The Morgan fingerprint density at radius 3 is 2.51 bits per heavy atom. The maximum atomic E-state index is 6.12. The number of hydrogen-bond acceptors (Lipinski definition) is 8. The van der Waals surface area contributed by atoms with E-state index in [1.807, 2.05) is 48.9 Å². The van der Waals surface area contributed by atoms with E-state index < -0.39 is 0 Å². The summed E-state index contributed by atoms with van der Waals surface area (Å²) >= 11 is 0. The molecule has 0 saturated heterocycles. The molecule has 0 bridgehead atoms. The van der Waals surface area contributed by atoms with Crippen molar-refractivity contribution < 1.29 is 4.74 Å². The summed E-state index contributed by atoms with van der Waals surface area (Å²) in [6.45, 7) is 0. The molecular weight excluding hydrogens is 464 g/mol. The van der Waals surface area contributed by atoms with Crippen molar-refractivity contribution in [2.75, 3.05) is 17.7 Å². The Hall–Kier alpha value is -3.72. The highest BCUT2D eigenvalue weighted by molar-refractivity contribution is 5.86. The van der Waals surface area contributed by atoms with Gasteiger partial charge in [-0.15, -0.1) is 0 Å². The van der Waals surface area contributed by atoms with Crippen LogP contribution in [-0.2, 0) is 0 Å². The monoisotopic (exact) mass is 498 g/mol. The van der Waals surface area contributed by atoms with Gasteiger partial charge in [-0.05, 0) is 62.8 Å². The maximum absolute atomic E-state index is 6.12. The van der Waals surface area contributed by atoms with Gasteiger partial charge in [0, 0.05) is 23.7 Å². The predicted molar refractivity (Wildman–Crippen MR) is 146 cm³/mol. The van der Waals surface area contributed by atoms with Crippen LogP contribution in [0.3, 0.4) is 0 Å². The summed E-state index contributed by atoms with van der Waals surface area (Å²) in [5.74, 6) is 2.11. The largest absolute Gasteiger partial charge is 0.496 e. The molecule has 0 spiro atoms. The molecule has 4 N–H and O–H groups in total. The molecule has 0 radical (unpaired) electrons. The molecule has 1 aromatic carbocycles. The SMILES string of the molecule is COc1ccccc1-c1ccc(Nc2nc(NC3CCC(N)CC3)nc3c2ncn3C2CCCC2)cn1. The van der Waals surface area contributed by atoms with Crippen LogP contribution in [0.4, 0.5) is 17.5 Å². The number of pyridine rings is 1. The first-order valence-electron chi connectivity index (χ1n) is 13.3. The van der Waals surface area contributed by atoms with Gasteiger partial charge in [-0.2, -0.15) is 9.97 Å². The normalized spacial score (nSPS) is 20.3. The van der Waals surface area contributed by atoms with Crippen molar-refractivity contribution in [3.63, 3.8) is 0 Å². The molecule has 192 valence electrons. The molecule has 0 atom stereocenters. The molecule has 0 aliphatic heterocycles. The van der Waals surface area contributed by atoms with E-state index in [0.717, 1.165) is 72.4 Å². The number of aromatic nitrogens is 5. The number of fused-ring (bicyclic) bond motifs is 1. The second kappa shape index (κ2) is 10.3. The molecule has 2 aliphatic rings. The Morgan fingerprint density at radius 1 is 0.946 bits per heavy atom. The third-order valence-corrected chi connectivity index (χ3v) is 7.65. The molecule has 3 aromatic heterocycles. The van der Waals surface area contributed by atoms with Gasteiger partial charge in [0.1, 0.15) is 5.75 Å². The first kappa shape index (κ1) is 23.7. The highest BCUT2D eigenvalue weighted by Crippen LogP contribution is 2.34. The third kappa shape index (κ3) is 4.96. The van der Waals surface area contributed by atoms with Gasteiger partial charge in [0.2, 0.25) is 5.95 Å². The van der Waals surface area contributed by atoms with Gasteiger partial charge in [-0.25, -0.2) is 4.98 Å². The van der Waals surface area contributed by atoms with Crippen LogP contribution in [0.25, 0.3) is 22.4 Å². The lowest BCUT2D eigenvalue weighted by atomic mass is 9.92. The molecule has 2 fully saturated rings. The first-order chi connectivity index (χ1) is 18.2. The summed E-state index contributed by atoms with van der Waals surface area (Å²) in [4.78, 5) is 19.2. The maximum Gasteiger partial charge on any atom is 0.227 e. The smallest absolute Gasteiger partial charge is 0.227 e. The quantitative estimate of drug-likeness (QED) is 0.309. The van der Waals surface area contributed by atoms with Crippen molar-refractivity contribution in [2.24, 2.45) is 5.73 Å². The average Bonchev–Trinajstić information content (AvgIpc) is 3.61. The molecule has 2 saturated carbocycles. The lowest BCUT2D eigenvalue weighted by molar-refractivity contribution is 0.410. The Labute approximate surface area is 216 Å². The van der Waals surface area contributed by atoms with Crippen LogP contribution in [0.1, 0.15) is 57.4 Å². The van der Waals surface area contributed by atoms with E-state index in [9.17, 15) is 0 Å². The van der Waals surface area contributed by atoms with Gasteiger partial charge in [0.05, 0.1) is 31.0 Å². The number of para-hydroxylation sites is 1. The average molecular weight is 499 g/mol. The summed E-state index contributed by atoms with van der Waals surface area (Å²) in [6.07, 6.45) is 12.7. The van der Waals surface area contributed by atoms with E-state index in [-0.39, 0.29) is 0 Å². The molecule has 9 nitrogen and oxygen atoms in total. The molecule has 0 amide bonds. The zero-order chi connectivity index (χ0) is 25.2. The number of ether oxygens (including phenoxy) is 1. The summed E-state index contributed by atoms with van der Waals surface area (Å²) in [7, 11) is 1.67. The molecule has 0 unspecified atom stereocenters. The van der Waals surface area contributed by atoms with Crippen molar-refractivity contribution in [3.8, 4) is 17.0 Å². The fraction of sp³-hybridized carbons (Fsp3) is 0.429. The number of methoxy groups -OCH3 is 1. The van der Waals surface area contributed by atoms with E-state index in [4.69, 9.17) is 25.4 Å². The van der Waals surface area contributed by atoms with Gasteiger partial charge in [-0.1, -0.05) is 25.0 Å². The second-order valence-electron chi connectivity index (χ2n) is 10.2. The fourth-order valence-corrected chi connectivity index (χ4v) is 5.58. The van der Waals surface area contributed by atoms with Crippen molar-refractivity contribution in [1.29, 1.82) is 0 Å². The summed E-state index contributed by atoms with van der Waals surface area (Å²) < 4.78 is 7.74. The summed E-state index contributed by atoms with van der Waals surface area (Å²) in [6, 6.07) is 12.9. The number of nitrogens with two attached hydrogens (primary N) is 1. The lowest BCUT2D eigenvalue weighted by Crippen LogP contribution is -2.33. The van der Waals surface area contributed by atoms with Crippen LogP contribution in [0.5, 0.6) is 5.75 Å². The van der Waals surface area contributed by atoms with Crippen LogP contribution in [-0.4, -0.2) is 43.7 Å². The van der Waals surface area contributed by atoms with E-state index >= 15 is 0 Å². The molecule has 37 heavy (non-hydrogen) atoms. The van der Waals surface area contributed by atoms with E-state index in [1.54, 1.807) is 7.11 Å². The van der Waals surface area contributed by atoms with Crippen molar-refractivity contribution in [3.05, 3.63) is 48.9 Å². The number of imidazole rings is 1. The Balaban J connectivity index is 1.31. The second-order valence-corrected chi connectivity index (χ2v) is 10.2. The molecule has 4 aromatic rings. The topological polar surface area (TPSA) is 116 Å². The summed E-state index contributed by atoms with van der Waals surface area (Å²) in [5.41, 5.74) is 10.4. The molecular formula is C28H34N8O. The Bertz CT molecular complexity index is 1350. The number of nitrogens with zero attached hydrogens (tertiary/aromatic N) is 5. The summed E-state index contributed by atoms with van der Waals surface area (Å²) in [5, 5.41) is 7.04. The third-order valence-electron chi connectivity index (χ3n) is 7.65. The van der Waals surface area contributed by atoms with Gasteiger partial charge >= 0.3 is 0 Å². The number of anilines is 3. The molecule has 2 aliphatic carbocycles. The number of benzene rings is 1. The van der Waals surface area contributed by atoms with Gasteiger partial charge < -0.3 is 25.7 Å². The minimum Gasteiger partial charge on any atom is -0.496 e. The predicted octanol–water partition coefficient (Wildman–Crippen LogP) is 5.44. The fourth-order valence-electron chi connectivity index (χ4n) is 5.58. The number of hydrogen-bond donors (Lipinski definition) is 3. The van der Waals surface area contributed by atoms with E-state index in [0.29, 0.717) is 29.9 Å². The van der Waals surface area contributed by atoms with Gasteiger partial charge in [0.15, 0.2) is 17.0 Å². The van der Waals surface area contributed by atoms with Gasteiger partial charge in [0.25, 0.3) is 0 Å². The minimum absolute atomic E-state index is 0.300. The number of nitrogens with one attached hydrogen (secondary N) is 2. The number of rotatable bonds is 7.